The fraction of sp³-hybridized carbons (Fsp3) is 0.417. The molecule has 0 radical (unpaired) electrons. The van der Waals surface area contributed by atoms with Gasteiger partial charge in [-0.15, -0.1) is 0 Å². The van der Waals surface area contributed by atoms with E-state index in [0.717, 1.165) is 17.1 Å². The van der Waals surface area contributed by atoms with E-state index in [9.17, 15) is 18.0 Å². The average Bonchev–Trinajstić information content (AvgIpc) is 3.35. The van der Waals surface area contributed by atoms with Crippen LogP contribution in [0.25, 0.3) is 0 Å². The molecule has 1 atom stereocenters. The zero-order valence-corrected chi connectivity index (χ0v) is 20.5. The van der Waals surface area contributed by atoms with E-state index >= 15 is 0 Å². The van der Waals surface area contributed by atoms with E-state index in [-0.39, 0.29) is 35.7 Å². The van der Waals surface area contributed by atoms with Crippen LogP contribution >= 0.6 is 0 Å². The Labute approximate surface area is 200 Å². The summed E-state index contributed by atoms with van der Waals surface area (Å²) in [5, 5.41) is 5.66. The van der Waals surface area contributed by atoms with Gasteiger partial charge in [-0.05, 0) is 55.2 Å². The zero-order valence-electron chi connectivity index (χ0n) is 19.7. The lowest BCUT2D eigenvalue weighted by Gasteiger charge is -2.15. The Kier molecular flexibility index (Phi) is 8.65. The van der Waals surface area contributed by atoms with Crippen molar-refractivity contribution in [2.24, 2.45) is 0 Å². The summed E-state index contributed by atoms with van der Waals surface area (Å²) in [4.78, 5) is 25.5. The van der Waals surface area contributed by atoms with Gasteiger partial charge in [0.2, 0.25) is 15.9 Å². The molecule has 9 nitrogen and oxygen atoms in total. The van der Waals surface area contributed by atoms with Crippen LogP contribution in [-0.2, 0) is 26.0 Å². The first-order chi connectivity index (χ1) is 16.2. The fourth-order valence-corrected chi connectivity index (χ4v) is 4.63. The second-order valence-corrected chi connectivity index (χ2v) is 10.4. The molecule has 1 aliphatic heterocycles. The number of rotatable bonds is 10. The van der Waals surface area contributed by atoms with Gasteiger partial charge < -0.3 is 20.1 Å². The molecular formula is C24H31N3O6S. The third kappa shape index (κ3) is 6.34. The van der Waals surface area contributed by atoms with Gasteiger partial charge in [0.05, 0.1) is 29.4 Å². The highest BCUT2D eigenvalue weighted by Crippen LogP contribution is 2.25. The first-order valence-electron chi connectivity index (χ1n) is 11.1. The minimum Gasteiger partial charge on any atom is -0.496 e. The van der Waals surface area contributed by atoms with Crippen LogP contribution in [0.4, 0.5) is 5.69 Å². The van der Waals surface area contributed by atoms with E-state index in [0.29, 0.717) is 35.7 Å². The van der Waals surface area contributed by atoms with Crippen LogP contribution in [0.3, 0.4) is 0 Å². The summed E-state index contributed by atoms with van der Waals surface area (Å²) in [7, 11) is 0.795. The van der Waals surface area contributed by atoms with Gasteiger partial charge in [-0.2, -0.15) is 0 Å². The van der Waals surface area contributed by atoms with Crippen molar-refractivity contribution in [3.8, 4) is 5.75 Å². The summed E-state index contributed by atoms with van der Waals surface area (Å²) in [6.45, 7) is 1.13. The van der Waals surface area contributed by atoms with Crippen molar-refractivity contribution >= 4 is 27.5 Å². The van der Waals surface area contributed by atoms with Crippen LogP contribution in [0, 0.1) is 0 Å². The van der Waals surface area contributed by atoms with Crippen LogP contribution < -0.4 is 15.4 Å². The van der Waals surface area contributed by atoms with E-state index in [4.69, 9.17) is 9.47 Å². The summed E-state index contributed by atoms with van der Waals surface area (Å²) >= 11 is 0. The van der Waals surface area contributed by atoms with Crippen molar-refractivity contribution in [3.63, 3.8) is 0 Å². The molecule has 2 amide bonds. The molecule has 1 heterocycles. The number of aryl methyl sites for hydroxylation is 1. The van der Waals surface area contributed by atoms with Crippen molar-refractivity contribution in [1.82, 2.24) is 9.62 Å². The molecule has 0 saturated carbocycles. The monoisotopic (exact) mass is 489 g/mol. The van der Waals surface area contributed by atoms with Gasteiger partial charge in [-0.25, -0.2) is 12.7 Å². The van der Waals surface area contributed by atoms with Crippen LogP contribution in [0.15, 0.2) is 47.4 Å². The number of benzene rings is 2. The zero-order chi connectivity index (χ0) is 24.7. The molecule has 184 valence electrons. The molecule has 0 aromatic heterocycles. The average molecular weight is 490 g/mol. The Morgan fingerprint density at radius 2 is 1.94 bits per heavy atom. The highest BCUT2D eigenvalue weighted by Gasteiger charge is 2.21. The minimum atomic E-state index is -3.61. The van der Waals surface area contributed by atoms with E-state index in [1.165, 1.54) is 33.3 Å². The van der Waals surface area contributed by atoms with Crippen molar-refractivity contribution in [2.75, 3.05) is 39.7 Å². The van der Waals surface area contributed by atoms with Gasteiger partial charge in [0.15, 0.2) is 0 Å². The SMILES string of the molecule is COc1ccc(S(=O)(=O)N(C)C)cc1CCC(=O)Nc1ccccc1C(=O)NC[C@H]1CCCO1. The summed E-state index contributed by atoms with van der Waals surface area (Å²) in [5.74, 6) is -0.0867. The lowest BCUT2D eigenvalue weighted by Crippen LogP contribution is -2.32. The highest BCUT2D eigenvalue weighted by molar-refractivity contribution is 7.89. The van der Waals surface area contributed by atoms with Crippen LogP contribution in [0.5, 0.6) is 5.75 Å². The quantitative estimate of drug-likeness (QED) is 0.530. The predicted octanol–water partition coefficient (Wildman–Crippen LogP) is 2.43. The summed E-state index contributed by atoms with van der Waals surface area (Å²) in [6, 6.07) is 11.4. The Hall–Kier alpha value is -2.95. The van der Waals surface area contributed by atoms with Gasteiger partial charge in [0.1, 0.15) is 5.75 Å². The molecule has 0 spiro atoms. The number of para-hydroxylation sites is 1. The summed E-state index contributed by atoms with van der Waals surface area (Å²) < 4.78 is 36.9. The van der Waals surface area contributed by atoms with Gasteiger partial charge in [-0.1, -0.05) is 12.1 Å². The molecule has 0 bridgehead atoms. The van der Waals surface area contributed by atoms with Crippen molar-refractivity contribution in [1.29, 1.82) is 0 Å². The highest BCUT2D eigenvalue weighted by atomic mass is 32.2. The maximum atomic E-state index is 12.7. The molecule has 34 heavy (non-hydrogen) atoms. The topological polar surface area (TPSA) is 114 Å². The van der Waals surface area contributed by atoms with Crippen molar-refractivity contribution in [2.45, 2.75) is 36.7 Å². The number of carbonyl (C=O) groups excluding carboxylic acids is 2. The van der Waals surface area contributed by atoms with E-state index in [1.54, 1.807) is 30.3 Å². The first-order valence-corrected chi connectivity index (χ1v) is 12.5. The second kappa shape index (κ2) is 11.5. The smallest absolute Gasteiger partial charge is 0.253 e. The minimum absolute atomic E-state index is 0.0211. The molecule has 0 aliphatic carbocycles. The van der Waals surface area contributed by atoms with Crippen molar-refractivity contribution in [3.05, 3.63) is 53.6 Å². The number of hydrogen-bond acceptors (Lipinski definition) is 6. The molecule has 2 aromatic rings. The van der Waals surface area contributed by atoms with Crippen molar-refractivity contribution < 1.29 is 27.5 Å². The maximum Gasteiger partial charge on any atom is 0.253 e. The Bertz CT molecular complexity index is 1130. The Morgan fingerprint density at radius 1 is 1.18 bits per heavy atom. The van der Waals surface area contributed by atoms with Gasteiger partial charge in [-0.3, -0.25) is 9.59 Å². The summed E-state index contributed by atoms with van der Waals surface area (Å²) in [5.41, 5.74) is 1.38. The molecule has 1 fully saturated rings. The number of sulfonamides is 1. The number of anilines is 1. The van der Waals surface area contributed by atoms with Gasteiger partial charge >= 0.3 is 0 Å². The Morgan fingerprint density at radius 3 is 2.62 bits per heavy atom. The second-order valence-electron chi connectivity index (χ2n) is 8.20. The number of amides is 2. The molecule has 2 aromatic carbocycles. The molecule has 1 saturated heterocycles. The van der Waals surface area contributed by atoms with E-state index in [1.807, 2.05) is 0 Å². The number of nitrogens with zero attached hydrogens (tertiary/aromatic N) is 1. The van der Waals surface area contributed by atoms with Crippen LogP contribution in [0.2, 0.25) is 0 Å². The number of hydrogen-bond donors (Lipinski definition) is 2. The van der Waals surface area contributed by atoms with E-state index in [2.05, 4.69) is 10.6 Å². The molecule has 2 N–H and O–H groups in total. The van der Waals surface area contributed by atoms with Gasteiger partial charge in [0, 0.05) is 33.7 Å². The van der Waals surface area contributed by atoms with E-state index < -0.39 is 10.0 Å². The number of carbonyl (C=O) groups is 2. The lowest BCUT2D eigenvalue weighted by molar-refractivity contribution is -0.116. The third-order valence-corrected chi connectivity index (χ3v) is 7.42. The molecular weight excluding hydrogens is 458 g/mol. The third-order valence-electron chi connectivity index (χ3n) is 5.61. The summed E-state index contributed by atoms with van der Waals surface area (Å²) in [6.07, 6.45) is 2.27. The lowest BCUT2D eigenvalue weighted by atomic mass is 10.1. The number of ether oxygens (including phenoxy) is 2. The fourth-order valence-electron chi connectivity index (χ4n) is 3.68. The largest absolute Gasteiger partial charge is 0.496 e. The van der Waals surface area contributed by atoms with Crippen LogP contribution in [-0.4, -0.2) is 65.0 Å². The predicted molar refractivity (Wildman–Crippen MR) is 129 cm³/mol. The molecule has 1 aliphatic rings. The number of nitrogens with one attached hydrogen (secondary N) is 2. The van der Waals surface area contributed by atoms with Crippen LogP contribution in [0.1, 0.15) is 35.2 Å². The molecule has 10 heteroatoms. The molecule has 0 unspecified atom stereocenters. The first kappa shape index (κ1) is 25.7. The molecule has 3 rings (SSSR count). The standard InChI is InChI=1S/C24H31N3O6S/c1-27(2)34(30,31)19-11-12-22(32-3)17(15-19)10-13-23(28)26-21-9-5-4-8-20(21)24(29)25-16-18-7-6-14-33-18/h4-5,8-9,11-12,15,18H,6-7,10,13-14,16H2,1-3H3,(H,25,29)(H,26,28)/t18-/m1/s1. The normalized spacial score (nSPS) is 15.8. The Balaban J connectivity index is 1.66. The maximum absolute atomic E-state index is 12.7. The van der Waals surface area contributed by atoms with Gasteiger partial charge in [0.25, 0.3) is 5.91 Å². The number of methoxy groups -OCH3 is 1.